The van der Waals surface area contributed by atoms with Crippen LogP contribution in [0.15, 0.2) is 24.3 Å². The summed E-state index contributed by atoms with van der Waals surface area (Å²) in [5.74, 6) is 0.0958. The summed E-state index contributed by atoms with van der Waals surface area (Å²) in [6, 6.07) is 7.32. The van der Waals surface area contributed by atoms with Gasteiger partial charge in [0.05, 0.1) is 19.3 Å². The Morgan fingerprint density at radius 2 is 2.00 bits per heavy atom. The van der Waals surface area contributed by atoms with Crippen molar-refractivity contribution < 1.29 is 19.1 Å². The molecule has 1 amide bonds. The van der Waals surface area contributed by atoms with Gasteiger partial charge in [0, 0.05) is 30.7 Å². The molecule has 3 N–H and O–H groups in total. The van der Waals surface area contributed by atoms with E-state index in [9.17, 15) is 9.59 Å². The van der Waals surface area contributed by atoms with Crippen LogP contribution in [0.4, 0.5) is 10.5 Å². The zero-order valence-electron chi connectivity index (χ0n) is 15.4. The maximum Gasteiger partial charge on any atom is 0.409 e. The van der Waals surface area contributed by atoms with Crippen molar-refractivity contribution in [1.82, 2.24) is 4.90 Å². The number of hydrogen-bond acceptors (Lipinski definition) is 7. The number of carbonyl (C=O) groups excluding carboxylic acids is 2. The molecule has 1 atom stereocenters. The molecule has 8 heteroatoms. The lowest BCUT2D eigenvalue weighted by atomic mass is 10.2. The van der Waals surface area contributed by atoms with Gasteiger partial charge in [-0.15, -0.1) is 0 Å². The number of esters is 1. The number of nitrogens with one attached hydrogen (secondary N) is 1. The van der Waals surface area contributed by atoms with E-state index >= 15 is 0 Å². The Bertz CT molecular complexity index is 554. The van der Waals surface area contributed by atoms with Crippen LogP contribution in [0.2, 0.25) is 0 Å². The van der Waals surface area contributed by atoms with E-state index in [4.69, 9.17) is 10.5 Å². The monoisotopic (exact) mass is 383 g/mol. The molecule has 1 unspecified atom stereocenters. The fourth-order valence-electron chi connectivity index (χ4n) is 2.50. The van der Waals surface area contributed by atoms with Crippen molar-refractivity contribution in [3.63, 3.8) is 0 Å². The lowest BCUT2D eigenvalue weighted by Crippen LogP contribution is -2.32. The van der Waals surface area contributed by atoms with Crippen molar-refractivity contribution in [3.8, 4) is 0 Å². The van der Waals surface area contributed by atoms with Gasteiger partial charge in [0.1, 0.15) is 0 Å². The molecule has 2 rings (SSSR count). The van der Waals surface area contributed by atoms with Crippen LogP contribution in [0.5, 0.6) is 0 Å². The van der Waals surface area contributed by atoms with Crippen molar-refractivity contribution in [2.45, 2.75) is 32.2 Å². The van der Waals surface area contributed by atoms with Gasteiger partial charge >= 0.3 is 12.1 Å². The van der Waals surface area contributed by atoms with Crippen LogP contribution in [0.1, 0.15) is 36.5 Å². The van der Waals surface area contributed by atoms with Crippen LogP contribution in [0.25, 0.3) is 0 Å². The summed E-state index contributed by atoms with van der Waals surface area (Å²) in [6.45, 7) is 3.88. The predicted octanol–water partition coefficient (Wildman–Crippen LogP) is 2.73. The standard InChI is InChI=1S/C17H24N2O4.CH5NS/c1-3-4-11-23-17(21)19-10-9-15(12-19)18-14-7-5-13(6-8-14)16(20)22-2;2-1-3/h5-8,15,18H,3-4,9-12H2,1-2H3;3H,1-2H2. The largest absolute Gasteiger partial charge is 0.465 e. The lowest BCUT2D eigenvalue weighted by molar-refractivity contribution is 0.0600. The normalized spacial score (nSPS) is 15.7. The highest BCUT2D eigenvalue weighted by Crippen LogP contribution is 2.17. The molecule has 0 spiro atoms. The predicted molar refractivity (Wildman–Crippen MR) is 106 cm³/mol. The van der Waals surface area contributed by atoms with E-state index in [-0.39, 0.29) is 18.1 Å². The number of likely N-dealkylation sites (tertiary alicyclic amines) is 1. The average Bonchev–Trinajstić information content (AvgIpc) is 3.11. The minimum absolute atomic E-state index is 0.192. The molecule has 0 saturated carbocycles. The van der Waals surface area contributed by atoms with Crippen LogP contribution in [0, 0.1) is 0 Å². The number of unbranched alkanes of at least 4 members (excludes halogenated alkanes) is 1. The number of benzene rings is 1. The Morgan fingerprint density at radius 1 is 1.35 bits per heavy atom. The first-order valence-electron chi connectivity index (χ1n) is 8.73. The second kappa shape index (κ2) is 12.4. The molecule has 7 nitrogen and oxygen atoms in total. The molecule has 26 heavy (non-hydrogen) atoms. The van der Waals surface area contributed by atoms with E-state index in [1.807, 2.05) is 12.1 Å². The van der Waals surface area contributed by atoms with Crippen LogP contribution < -0.4 is 11.1 Å². The number of ether oxygens (including phenoxy) is 2. The smallest absolute Gasteiger partial charge is 0.409 e. The van der Waals surface area contributed by atoms with E-state index in [2.05, 4.69) is 29.6 Å². The lowest BCUT2D eigenvalue weighted by Gasteiger charge is -2.17. The summed E-state index contributed by atoms with van der Waals surface area (Å²) in [4.78, 5) is 25.0. The number of anilines is 1. The topological polar surface area (TPSA) is 93.9 Å². The van der Waals surface area contributed by atoms with Crippen LogP contribution >= 0.6 is 12.6 Å². The zero-order valence-corrected chi connectivity index (χ0v) is 16.3. The summed E-state index contributed by atoms with van der Waals surface area (Å²) < 4.78 is 9.90. The number of nitrogens with two attached hydrogens (primary N) is 1. The van der Waals surface area contributed by atoms with Crippen LogP contribution in [0.3, 0.4) is 0 Å². The molecule has 1 saturated heterocycles. The van der Waals surface area contributed by atoms with Gasteiger partial charge in [-0.1, -0.05) is 13.3 Å². The third-order valence-electron chi connectivity index (χ3n) is 3.85. The number of rotatable bonds is 6. The molecular weight excluding hydrogens is 354 g/mol. The highest BCUT2D eigenvalue weighted by atomic mass is 32.1. The third kappa shape index (κ3) is 7.53. The fourth-order valence-corrected chi connectivity index (χ4v) is 2.50. The van der Waals surface area contributed by atoms with Gasteiger partial charge in [0.25, 0.3) is 0 Å². The average molecular weight is 384 g/mol. The Hall–Kier alpha value is -1.93. The number of thiol groups is 1. The van der Waals surface area contributed by atoms with Gasteiger partial charge in [0.2, 0.25) is 0 Å². The number of methoxy groups -OCH3 is 1. The Kier molecular flexibility index (Phi) is 10.6. The Balaban J connectivity index is 0.00000105. The number of amides is 1. The van der Waals surface area contributed by atoms with Gasteiger partial charge in [-0.25, -0.2) is 9.59 Å². The van der Waals surface area contributed by atoms with E-state index in [1.54, 1.807) is 17.0 Å². The number of hydrogen-bond donors (Lipinski definition) is 3. The molecular formula is C18H29N3O4S. The SMILES string of the molecule is CCCCOC(=O)N1CCC(Nc2ccc(C(=O)OC)cc2)C1.NCS. The van der Waals surface area contributed by atoms with Crippen molar-refractivity contribution in [2.75, 3.05) is 38.0 Å². The van der Waals surface area contributed by atoms with Crippen molar-refractivity contribution >= 4 is 30.4 Å². The molecule has 0 bridgehead atoms. The third-order valence-corrected chi connectivity index (χ3v) is 3.85. The second-order valence-corrected chi connectivity index (χ2v) is 6.16. The summed E-state index contributed by atoms with van der Waals surface area (Å²) in [6.07, 6.45) is 2.55. The van der Waals surface area contributed by atoms with E-state index in [1.165, 1.54) is 7.11 Å². The summed E-state index contributed by atoms with van der Waals surface area (Å²) in [5, 5.41) is 3.38. The van der Waals surface area contributed by atoms with Gasteiger partial charge in [-0.3, -0.25) is 0 Å². The van der Waals surface area contributed by atoms with Gasteiger partial charge in [0.15, 0.2) is 0 Å². The van der Waals surface area contributed by atoms with Crippen LogP contribution in [-0.4, -0.2) is 55.7 Å². The first-order valence-corrected chi connectivity index (χ1v) is 9.36. The van der Waals surface area contributed by atoms with Crippen molar-refractivity contribution in [3.05, 3.63) is 29.8 Å². The molecule has 1 heterocycles. The zero-order chi connectivity index (χ0) is 19.4. The van der Waals surface area contributed by atoms with Gasteiger partial charge in [-0.2, -0.15) is 12.6 Å². The molecule has 0 aromatic heterocycles. The van der Waals surface area contributed by atoms with E-state index in [0.717, 1.165) is 24.9 Å². The van der Waals surface area contributed by atoms with Gasteiger partial charge in [-0.05, 0) is 37.1 Å². The molecule has 0 aliphatic carbocycles. The first-order chi connectivity index (χ1) is 12.5. The molecule has 1 aromatic rings. The molecule has 0 radical (unpaired) electrons. The van der Waals surface area contributed by atoms with Gasteiger partial charge < -0.3 is 25.4 Å². The summed E-state index contributed by atoms with van der Waals surface area (Å²) in [5.41, 5.74) is 6.15. The highest BCUT2D eigenvalue weighted by Gasteiger charge is 2.27. The highest BCUT2D eigenvalue weighted by molar-refractivity contribution is 7.80. The minimum atomic E-state index is -0.349. The van der Waals surface area contributed by atoms with Crippen molar-refractivity contribution in [2.24, 2.45) is 5.73 Å². The Morgan fingerprint density at radius 3 is 2.58 bits per heavy atom. The minimum Gasteiger partial charge on any atom is -0.465 e. The maximum atomic E-state index is 11.9. The van der Waals surface area contributed by atoms with E-state index < -0.39 is 0 Å². The summed E-state index contributed by atoms with van der Waals surface area (Å²) >= 11 is 3.57. The molecule has 1 aliphatic rings. The molecule has 1 aromatic carbocycles. The molecule has 1 aliphatic heterocycles. The van der Waals surface area contributed by atoms with Crippen LogP contribution in [-0.2, 0) is 9.47 Å². The first kappa shape index (κ1) is 22.1. The Labute approximate surface area is 160 Å². The molecule has 146 valence electrons. The van der Waals surface area contributed by atoms with Crippen molar-refractivity contribution in [1.29, 1.82) is 0 Å². The fraction of sp³-hybridized carbons (Fsp3) is 0.556. The summed E-state index contributed by atoms with van der Waals surface area (Å²) in [7, 11) is 1.36. The van der Waals surface area contributed by atoms with E-state index in [0.29, 0.717) is 31.1 Å². The number of nitrogens with zero attached hydrogens (tertiary/aromatic N) is 1. The number of carbonyl (C=O) groups is 2. The second-order valence-electron chi connectivity index (χ2n) is 5.80. The maximum absolute atomic E-state index is 11.9. The molecule has 1 fully saturated rings. The quantitative estimate of drug-likeness (QED) is 0.303.